The zero-order chi connectivity index (χ0) is 7.23. The average Bonchev–Trinajstić information content (AvgIpc) is 1.87. The van der Waals surface area contributed by atoms with E-state index in [9.17, 15) is 0 Å². The first-order valence-corrected chi connectivity index (χ1v) is 4.75. The lowest BCUT2D eigenvalue weighted by Crippen LogP contribution is -2.01. The van der Waals surface area contributed by atoms with Crippen molar-refractivity contribution in [1.82, 2.24) is 0 Å². The van der Waals surface area contributed by atoms with Crippen LogP contribution in [0.15, 0.2) is 0 Å². The van der Waals surface area contributed by atoms with Gasteiger partial charge in [-0.1, -0.05) is 51.9 Å². The minimum absolute atomic E-state index is 1.05. The van der Waals surface area contributed by atoms with E-state index in [1.54, 1.807) is 0 Å². The maximum absolute atomic E-state index is 2.46. The van der Waals surface area contributed by atoms with Gasteiger partial charge in [-0.25, -0.2) is 0 Å². The van der Waals surface area contributed by atoms with Crippen molar-refractivity contribution in [3.8, 4) is 0 Å². The third-order valence-electron chi connectivity index (χ3n) is 2.62. The van der Waals surface area contributed by atoms with Crippen molar-refractivity contribution in [3.05, 3.63) is 6.42 Å². The lowest BCUT2D eigenvalue weighted by atomic mass is 9.90. The van der Waals surface area contributed by atoms with Crippen LogP contribution in [0, 0.1) is 12.3 Å². The molecule has 0 heterocycles. The summed E-state index contributed by atoms with van der Waals surface area (Å²) in [6.45, 7) is 2.33. The summed E-state index contributed by atoms with van der Waals surface area (Å²) in [7, 11) is 0. The molecule has 1 radical (unpaired) electrons. The Balaban J connectivity index is 2.16. The highest BCUT2D eigenvalue weighted by molar-refractivity contribution is 4.71. The second kappa shape index (κ2) is 4.76. The van der Waals surface area contributed by atoms with E-state index in [2.05, 4.69) is 13.3 Å². The molecule has 10 heavy (non-hydrogen) atoms. The van der Waals surface area contributed by atoms with Gasteiger partial charge >= 0.3 is 0 Å². The highest BCUT2D eigenvalue weighted by Crippen LogP contribution is 2.23. The number of rotatable bonds is 1. The van der Waals surface area contributed by atoms with Crippen molar-refractivity contribution < 1.29 is 0 Å². The van der Waals surface area contributed by atoms with E-state index in [0.717, 1.165) is 5.92 Å². The van der Waals surface area contributed by atoms with Gasteiger partial charge in [0.1, 0.15) is 0 Å². The van der Waals surface area contributed by atoms with Gasteiger partial charge in [0.15, 0.2) is 0 Å². The highest BCUT2D eigenvalue weighted by Gasteiger charge is 2.07. The van der Waals surface area contributed by atoms with E-state index in [1.165, 1.54) is 44.9 Å². The summed E-state index contributed by atoms with van der Waals surface area (Å²) in [6.07, 6.45) is 12.5. The van der Waals surface area contributed by atoms with Crippen LogP contribution in [0.1, 0.15) is 51.9 Å². The molecule has 0 N–H and O–H groups in total. The van der Waals surface area contributed by atoms with E-state index in [-0.39, 0.29) is 0 Å². The van der Waals surface area contributed by atoms with Crippen LogP contribution in [0.2, 0.25) is 0 Å². The largest absolute Gasteiger partial charge is 0.0651 e. The van der Waals surface area contributed by atoms with Gasteiger partial charge in [-0.3, -0.25) is 0 Å². The van der Waals surface area contributed by atoms with Crippen LogP contribution in [0.5, 0.6) is 0 Å². The first kappa shape index (κ1) is 8.10. The Bertz CT molecular complexity index is 68.1. The predicted molar refractivity (Wildman–Crippen MR) is 45.8 cm³/mol. The maximum atomic E-state index is 2.46. The first-order valence-electron chi connectivity index (χ1n) is 4.75. The van der Waals surface area contributed by atoms with Gasteiger partial charge in [0.2, 0.25) is 0 Å². The van der Waals surface area contributed by atoms with Crippen LogP contribution in [-0.2, 0) is 0 Å². The van der Waals surface area contributed by atoms with Crippen molar-refractivity contribution in [2.75, 3.05) is 0 Å². The third kappa shape index (κ3) is 2.72. The fraction of sp³-hybridized carbons (Fsp3) is 0.900. The fourth-order valence-corrected chi connectivity index (χ4v) is 1.80. The monoisotopic (exact) mass is 139 g/mol. The minimum Gasteiger partial charge on any atom is -0.0651 e. The molecular weight excluding hydrogens is 120 g/mol. The van der Waals surface area contributed by atoms with E-state index >= 15 is 0 Å². The van der Waals surface area contributed by atoms with Gasteiger partial charge in [-0.15, -0.1) is 0 Å². The van der Waals surface area contributed by atoms with E-state index in [1.807, 2.05) is 0 Å². The smallest absolute Gasteiger partial charge is 0.0386 e. The van der Waals surface area contributed by atoms with Gasteiger partial charge in [-0.05, 0) is 12.3 Å². The Morgan fingerprint density at radius 2 is 1.80 bits per heavy atom. The van der Waals surface area contributed by atoms with Gasteiger partial charge in [-0.2, -0.15) is 0 Å². The van der Waals surface area contributed by atoms with Crippen molar-refractivity contribution >= 4 is 0 Å². The summed E-state index contributed by atoms with van der Waals surface area (Å²) in [5.41, 5.74) is 0. The van der Waals surface area contributed by atoms with E-state index in [0.29, 0.717) is 0 Å². The normalized spacial score (nSPS) is 23.7. The summed E-state index contributed by atoms with van der Waals surface area (Å²) in [4.78, 5) is 0. The molecule has 0 amide bonds. The van der Waals surface area contributed by atoms with Crippen molar-refractivity contribution in [2.24, 2.45) is 5.92 Å². The fourth-order valence-electron chi connectivity index (χ4n) is 1.80. The predicted octanol–water partition coefficient (Wildman–Crippen LogP) is 3.57. The first-order chi connectivity index (χ1) is 4.93. The molecule has 0 aromatic rings. The Morgan fingerprint density at radius 1 is 1.20 bits per heavy atom. The molecule has 1 aliphatic carbocycles. The summed E-state index contributed by atoms with van der Waals surface area (Å²) in [6, 6.07) is 0. The standard InChI is InChI=1S/C10H19/c1-2-10-8-6-4-3-5-7-9-10/h3,10H,2,4-9H2,1H3. The molecule has 1 fully saturated rings. The van der Waals surface area contributed by atoms with Crippen LogP contribution in [0.4, 0.5) is 0 Å². The zero-order valence-corrected chi connectivity index (χ0v) is 7.10. The molecule has 0 nitrogen and oxygen atoms in total. The minimum atomic E-state index is 1.05. The van der Waals surface area contributed by atoms with Gasteiger partial charge in [0, 0.05) is 0 Å². The zero-order valence-electron chi connectivity index (χ0n) is 7.10. The molecular formula is C10H19. The third-order valence-corrected chi connectivity index (χ3v) is 2.62. The Kier molecular flexibility index (Phi) is 3.86. The number of hydrogen-bond donors (Lipinski definition) is 0. The van der Waals surface area contributed by atoms with Gasteiger partial charge in [0.05, 0.1) is 0 Å². The van der Waals surface area contributed by atoms with E-state index < -0.39 is 0 Å². The molecule has 1 rings (SSSR count). The topological polar surface area (TPSA) is 0 Å². The molecule has 0 saturated heterocycles. The van der Waals surface area contributed by atoms with Crippen LogP contribution in [-0.4, -0.2) is 0 Å². The van der Waals surface area contributed by atoms with Crippen molar-refractivity contribution in [3.63, 3.8) is 0 Å². The van der Waals surface area contributed by atoms with E-state index in [4.69, 9.17) is 0 Å². The summed E-state index contributed by atoms with van der Waals surface area (Å²) >= 11 is 0. The van der Waals surface area contributed by atoms with Crippen LogP contribution >= 0.6 is 0 Å². The molecule has 0 aromatic heterocycles. The average molecular weight is 139 g/mol. The quantitative estimate of drug-likeness (QED) is 0.521. The lowest BCUT2D eigenvalue weighted by Gasteiger charge is -2.16. The molecule has 59 valence electrons. The molecule has 0 heteroatoms. The molecule has 1 saturated carbocycles. The lowest BCUT2D eigenvalue weighted by molar-refractivity contribution is 0.393. The van der Waals surface area contributed by atoms with Crippen molar-refractivity contribution in [1.29, 1.82) is 0 Å². The van der Waals surface area contributed by atoms with Crippen molar-refractivity contribution in [2.45, 2.75) is 51.9 Å². The highest BCUT2D eigenvalue weighted by atomic mass is 14.1. The Hall–Kier alpha value is 0. The van der Waals surface area contributed by atoms with Gasteiger partial charge in [0.25, 0.3) is 0 Å². The second-order valence-electron chi connectivity index (χ2n) is 3.42. The van der Waals surface area contributed by atoms with Crippen LogP contribution in [0.3, 0.4) is 0 Å². The second-order valence-corrected chi connectivity index (χ2v) is 3.42. The Morgan fingerprint density at radius 3 is 2.30 bits per heavy atom. The SMILES string of the molecule is CCC1CCC[CH]CCC1. The molecule has 1 aliphatic rings. The Labute approximate surface area is 65.0 Å². The molecule has 0 aliphatic heterocycles. The summed E-state index contributed by atoms with van der Waals surface area (Å²) < 4.78 is 0. The molecule has 0 bridgehead atoms. The maximum Gasteiger partial charge on any atom is -0.0386 e. The molecule has 0 aromatic carbocycles. The summed E-state index contributed by atoms with van der Waals surface area (Å²) in [5, 5.41) is 0. The summed E-state index contributed by atoms with van der Waals surface area (Å²) in [5.74, 6) is 1.05. The van der Waals surface area contributed by atoms with Crippen LogP contribution in [0.25, 0.3) is 0 Å². The molecule has 0 spiro atoms. The van der Waals surface area contributed by atoms with Gasteiger partial charge < -0.3 is 0 Å². The molecule has 0 unspecified atom stereocenters. The van der Waals surface area contributed by atoms with Crippen LogP contribution < -0.4 is 0 Å². The number of hydrogen-bond acceptors (Lipinski definition) is 0. The molecule has 0 atom stereocenters.